The van der Waals surface area contributed by atoms with E-state index in [9.17, 15) is 0 Å². The fourth-order valence-corrected chi connectivity index (χ4v) is 11.8. The number of nitrogens with zero attached hydrogens (tertiary/aromatic N) is 4. The Bertz CT molecular complexity index is 2950. The van der Waals surface area contributed by atoms with Crippen molar-refractivity contribution in [3.8, 4) is 28.4 Å². The van der Waals surface area contributed by atoms with E-state index >= 15 is 0 Å². The summed E-state index contributed by atoms with van der Waals surface area (Å²) in [7, 11) is 0. The van der Waals surface area contributed by atoms with E-state index in [1.165, 1.54) is 66.5 Å². The zero-order chi connectivity index (χ0) is 40.9. The molecule has 4 aliphatic carbocycles. The molecule has 4 fully saturated rings. The molecule has 0 amide bonds. The molecule has 2 aromatic heterocycles. The van der Waals surface area contributed by atoms with Gasteiger partial charge in [-0.2, -0.15) is 12.1 Å². The van der Waals surface area contributed by atoms with E-state index in [-0.39, 0.29) is 26.5 Å². The minimum absolute atomic E-state index is 0. The molecule has 4 bridgehead atoms. The summed E-state index contributed by atoms with van der Waals surface area (Å²) < 4.78 is 8.87. The van der Waals surface area contributed by atoms with Gasteiger partial charge in [-0.25, -0.2) is 4.98 Å². The summed E-state index contributed by atoms with van der Waals surface area (Å²) in [4.78, 5) is 9.53. The van der Waals surface area contributed by atoms with Gasteiger partial charge in [-0.3, -0.25) is 0 Å². The number of aromatic nitrogens is 2. The predicted octanol–water partition coefficient (Wildman–Crippen LogP) is 14.4. The van der Waals surface area contributed by atoms with Crippen molar-refractivity contribution in [1.29, 1.82) is 0 Å². The Morgan fingerprint density at radius 2 is 1.34 bits per heavy atom. The summed E-state index contributed by atoms with van der Waals surface area (Å²) in [5.74, 6) is 4.77. The van der Waals surface area contributed by atoms with E-state index in [0.717, 1.165) is 62.4 Å². The maximum absolute atomic E-state index is 6.66. The van der Waals surface area contributed by atoms with E-state index in [1.54, 1.807) is 0 Å². The van der Waals surface area contributed by atoms with Crippen molar-refractivity contribution < 1.29 is 25.8 Å². The van der Waals surface area contributed by atoms with Crippen LogP contribution in [0.1, 0.15) is 70.4 Å². The number of hydrogen-bond acceptors (Lipinski definition) is 4. The molecule has 0 radical (unpaired) electrons. The van der Waals surface area contributed by atoms with Crippen molar-refractivity contribution in [2.24, 2.45) is 17.8 Å². The molecule has 8 aromatic rings. The van der Waals surface area contributed by atoms with E-state index in [1.807, 2.05) is 18.3 Å². The number of benzene rings is 6. The van der Waals surface area contributed by atoms with Crippen molar-refractivity contribution in [3.05, 3.63) is 176 Å². The molecule has 312 valence electrons. The molecule has 1 aliphatic heterocycles. The number of ether oxygens (including phenoxy) is 1. The molecule has 3 heterocycles. The molecule has 0 spiro atoms. The summed E-state index contributed by atoms with van der Waals surface area (Å²) in [6.07, 6.45) is 10.2. The van der Waals surface area contributed by atoms with Gasteiger partial charge in [0.25, 0.3) is 0 Å². The zero-order valence-corrected chi connectivity index (χ0v) is 37.7. The normalized spacial score (nSPS) is 21.4. The van der Waals surface area contributed by atoms with Gasteiger partial charge in [0, 0.05) is 66.9 Å². The molecule has 4 saturated carbocycles. The summed E-state index contributed by atoms with van der Waals surface area (Å²) in [6, 6.07) is 57.5. The van der Waals surface area contributed by atoms with E-state index in [0.29, 0.717) is 16.9 Å². The second-order valence-corrected chi connectivity index (χ2v) is 19.2. The molecule has 6 heteroatoms. The average Bonchev–Trinajstić information content (AvgIpc) is 3.82. The molecule has 5 nitrogen and oxygen atoms in total. The molecule has 0 N–H and O–H groups in total. The van der Waals surface area contributed by atoms with E-state index < -0.39 is 0 Å². The molecule has 5 aliphatic rings. The van der Waals surface area contributed by atoms with Gasteiger partial charge >= 0.3 is 0 Å². The molecule has 0 saturated heterocycles. The molecular formula is C56H49N4OPt-3. The number of anilines is 4. The largest absolute Gasteiger partial charge is 0.509 e. The van der Waals surface area contributed by atoms with Crippen LogP contribution in [0.25, 0.3) is 38.8 Å². The van der Waals surface area contributed by atoms with E-state index in [4.69, 9.17) is 9.72 Å². The quantitative estimate of drug-likeness (QED) is 0.149. The Morgan fingerprint density at radius 1 is 0.645 bits per heavy atom. The monoisotopic (exact) mass is 988 g/mol. The van der Waals surface area contributed by atoms with Crippen LogP contribution in [0.2, 0.25) is 0 Å². The predicted molar refractivity (Wildman–Crippen MR) is 248 cm³/mol. The Labute approximate surface area is 379 Å². The molecule has 0 unspecified atom stereocenters. The van der Waals surface area contributed by atoms with Gasteiger partial charge in [0.2, 0.25) is 0 Å². The van der Waals surface area contributed by atoms with Crippen LogP contribution in [0.5, 0.6) is 11.5 Å². The summed E-state index contributed by atoms with van der Waals surface area (Å²) in [5.41, 5.74) is 11.9. The summed E-state index contributed by atoms with van der Waals surface area (Å²) in [5, 5.41) is 2.26. The standard InChI is InChI=1S/C56H49N4O.Pt/c1-55(2,3)41-24-25-57-54(30-41)60-49-17-8-7-16-47(49)48-23-21-45(32-53(48)60)61-44-15-11-14-43(31-44)58-36-59(51-19-10-9-18-50(51)58)52-29-42(20-22-46(52)40-12-5-4-6-13-40)56-33-37-26-38(34-56)28-39(27-37)35-56;/h4-25,29-30,36-39H,26-28,33-35H2,1-3H3;/q-3;. The van der Waals surface area contributed by atoms with Gasteiger partial charge in [-0.1, -0.05) is 99.1 Å². The minimum Gasteiger partial charge on any atom is -0.509 e. The van der Waals surface area contributed by atoms with Crippen molar-refractivity contribution in [2.75, 3.05) is 9.80 Å². The Balaban J connectivity index is 0.00000432. The van der Waals surface area contributed by atoms with Gasteiger partial charge in [0.1, 0.15) is 5.82 Å². The SMILES string of the molecule is CC(C)(C)c1ccnc(-n2c3[c-]c(Oc4[c-]c(N5[CH-]N(c6cc(C78CC9CC(CC(C9)C7)C8)ccc6-c6ccccc6)c6ccccc65)ccc4)ccc3c3ccccc32)c1.[Pt]. The van der Waals surface area contributed by atoms with Gasteiger partial charge < -0.3 is 19.1 Å². The first kappa shape index (κ1) is 39.2. The fourth-order valence-electron chi connectivity index (χ4n) is 11.8. The molecule has 62 heavy (non-hydrogen) atoms. The fraction of sp³-hybridized carbons (Fsp3) is 0.250. The number of hydrogen-bond donors (Lipinski definition) is 0. The molecule has 13 rings (SSSR count). The van der Waals surface area contributed by atoms with Gasteiger partial charge in [-0.05, 0) is 126 Å². The third-order valence-corrected chi connectivity index (χ3v) is 14.3. The van der Waals surface area contributed by atoms with Crippen LogP contribution >= 0.6 is 0 Å². The molecule has 6 aromatic carbocycles. The molecular weight excluding hydrogens is 940 g/mol. The second-order valence-electron chi connectivity index (χ2n) is 19.2. The number of para-hydroxylation sites is 3. The van der Waals surface area contributed by atoms with Gasteiger partial charge in [0.05, 0.1) is 0 Å². The van der Waals surface area contributed by atoms with Gasteiger partial charge in [0.15, 0.2) is 0 Å². The Morgan fingerprint density at radius 3 is 2.10 bits per heavy atom. The summed E-state index contributed by atoms with van der Waals surface area (Å²) >= 11 is 0. The first-order chi connectivity index (χ1) is 29.8. The van der Waals surface area contributed by atoms with Gasteiger partial charge in [-0.15, -0.1) is 48.1 Å². The average molecular weight is 989 g/mol. The van der Waals surface area contributed by atoms with Crippen molar-refractivity contribution in [3.63, 3.8) is 0 Å². The van der Waals surface area contributed by atoms with E-state index in [2.05, 4.69) is 181 Å². The van der Waals surface area contributed by atoms with Crippen LogP contribution in [-0.4, -0.2) is 9.55 Å². The topological polar surface area (TPSA) is 33.5 Å². The number of fused-ring (bicyclic) bond motifs is 4. The minimum atomic E-state index is -0.0120. The van der Waals surface area contributed by atoms with Crippen LogP contribution in [0.4, 0.5) is 22.7 Å². The summed E-state index contributed by atoms with van der Waals surface area (Å²) in [6.45, 7) is 8.96. The van der Waals surface area contributed by atoms with Crippen LogP contribution < -0.4 is 14.5 Å². The van der Waals surface area contributed by atoms with Crippen LogP contribution in [0.15, 0.2) is 146 Å². The smallest absolute Gasteiger partial charge is 0.135 e. The molecule has 0 atom stereocenters. The number of rotatable bonds is 7. The first-order valence-electron chi connectivity index (χ1n) is 22.1. The third kappa shape index (κ3) is 6.58. The van der Waals surface area contributed by atoms with Crippen molar-refractivity contribution in [2.45, 2.75) is 70.1 Å². The third-order valence-electron chi connectivity index (χ3n) is 14.3. The van der Waals surface area contributed by atoms with Crippen molar-refractivity contribution >= 4 is 44.6 Å². The second kappa shape index (κ2) is 15.0. The first-order valence-corrected chi connectivity index (χ1v) is 22.1. The maximum Gasteiger partial charge on any atom is 0.135 e. The van der Waals surface area contributed by atoms with Crippen molar-refractivity contribution in [1.82, 2.24) is 9.55 Å². The van der Waals surface area contributed by atoms with Crippen LogP contribution in [0.3, 0.4) is 0 Å². The Hall–Kier alpha value is -5.64. The zero-order valence-electron chi connectivity index (χ0n) is 35.4. The maximum atomic E-state index is 6.66. The Kier molecular flexibility index (Phi) is 9.50. The van der Waals surface area contributed by atoms with Crippen LogP contribution in [0, 0.1) is 36.6 Å². The van der Waals surface area contributed by atoms with Crippen LogP contribution in [-0.2, 0) is 31.9 Å². The number of pyridine rings is 1.